The summed E-state index contributed by atoms with van der Waals surface area (Å²) in [6, 6.07) is 0.609. The third kappa shape index (κ3) is 5.04. The van der Waals surface area contributed by atoms with Crippen molar-refractivity contribution in [2.45, 2.75) is 79.7 Å². The summed E-state index contributed by atoms with van der Waals surface area (Å²) >= 11 is 0. The number of nitrogens with zero attached hydrogens (tertiary/aromatic N) is 1. The van der Waals surface area contributed by atoms with Gasteiger partial charge in [0.15, 0.2) is 0 Å². The molecule has 2 heteroatoms. The smallest absolute Gasteiger partial charge is 0.0243 e. The van der Waals surface area contributed by atoms with Gasteiger partial charge < -0.3 is 10.2 Å². The molecule has 0 aromatic rings. The van der Waals surface area contributed by atoms with E-state index in [9.17, 15) is 0 Å². The lowest BCUT2D eigenvalue weighted by molar-refractivity contribution is 0.0749. The Balaban J connectivity index is 2.51. The molecule has 1 saturated heterocycles. The first-order chi connectivity index (χ1) is 9.37. The van der Waals surface area contributed by atoms with Crippen LogP contribution in [0, 0.1) is 10.8 Å². The lowest BCUT2D eigenvalue weighted by atomic mass is 9.74. The Bertz CT molecular complexity index is 253. The normalized spacial score (nSPS) is 21.9. The summed E-state index contributed by atoms with van der Waals surface area (Å²) in [5.74, 6) is 0. The lowest BCUT2D eigenvalue weighted by Crippen LogP contribution is -2.51. The molecule has 0 aliphatic carbocycles. The van der Waals surface area contributed by atoms with Crippen LogP contribution in [0.25, 0.3) is 0 Å². The van der Waals surface area contributed by atoms with Gasteiger partial charge in [-0.3, -0.25) is 0 Å². The number of hydrogen-bond donors (Lipinski definition) is 1. The van der Waals surface area contributed by atoms with E-state index in [1.807, 2.05) is 0 Å². The Kier molecular flexibility index (Phi) is 7.00. The zero-order chi connectivity index (χ0) is 15.2. The zero-order valence-corrected chi connectivity index (χ0v) is 14.9. The average molecular weight is 283 g/mol. The van der Waals surface area contributed by atoms with Gasteiger partial charge in [0.05, 0.1) is 0 Å². The summed E-state index contributed by atoms with van der Waals surface area (Å²) in [6.45, 7) is 19.1. The van der Waals surface area contributed by atoms with Gasteiger partial charge in [-0.2, -0.15) is 0 Å². The fourth-order valence-electron chi connectivity index (χ4n) is 3.39. The van der Waals surface area contributed by atoms with Crippen LogP contribution >= 0.6 is 0 Å². The Labute approximate surface area is 127 Å². The van der Waals surface area contributed by atoms with Crippen LogP contribution in [0.4, 0.5) is 0 Å². The molecule has 0 amide bonds. The van der Waals surface area contributed by atoms with Crippen molar-refractivity contribution in [3.05, 3.63) is 0 Å². The van der Waals surface area contributed by atoms with Crippen molar-refractivity contribution in [1.82, 2.24) is 10.2 Å². The summed E-state index contributed by atoms with van der Waals surface area (Å²) in [5.41, 5.74) is 0.990. The molecule has 0 bridgehead atoms. The maximum atomic E-state index is 3.76. The minimum absolute atomic E-state index is 0.346. The lowest BCUT2D eigenvalue weighted by Gasteiger charge is -2.44. The molecule has 1 fully saturated rings. The molecule has 0 saturated carbocycles. The van der Waals surface area contributed by atoms with Crippen molar-refractivity contribution in [1.29, 1.82) is 0 Å². The second-order valence-corrected chi connectivity index (χ2v) is 7.88. The molecule has 1 atom stereocenters. The van der Waals surface area contributed by atoms with Gasteiger partial charge in [-0.25, -0.2) is 0 Å². The summed E-state index contributed by atoms with van der Waals surface area (Å²) in [6.07, 6.45) is 6.72. The van der Waals surface area contributed by atoms with Crippen LogP contribution in [0.5, 0.6) is 0 Å². The molecule has 1 rings (SSSR count). The summed E-state index contributed by atoms with van der Waals surface area (Å²) in [5, 5.41) is 3.76. The van der Waals surface area contributed by atoms with Crippen LogP contribution in [0.15, 0.2) is 0 Å². The summed E-state index contributed by atoms with van der Waals surface area (Å²) in [4.78, 5) is 2.70. The van der Waals surface area contributed by atoms with E-state index >= 15 is 0 Å². The van der Waals surface area contributed by atoms with Crippen LogP contribution in [0.2, 0.25) is 0 Å². The molecule has 20 heavy (non-hydrogen) atoms. The van der Waals surface area contributed by atoms with Gasteiger partial charge in [-0.05, 0) is 49.7 Å². The molecule has 0 spiro atoms. The van der Waals surface area contributed by atoms with Crippen LogP contribution in [0.1, 0.15) is 73.6 Å². The predicted octanol–water partition coefficient (Wildman–Crippen LogP) is 4.30. The molecular weight excluding hydrogens is 244 g/mol. The number of rotatable bonds is 7. The molecule has 1 unspecified atom stereocenters. The van der Waals surface area contributed by atoms with Crippen molar-refractivity contribution in [2.24, 2.45) is 10.8 Å². The molecule has 1 aliphatic rings. The monoisotopic (exact) mass is 282 g/mol. The van der Waals surface area contributed by atoms with Crippen molar-refractivity contribution >= 4 is 0 Å². The van der Waals surface area contributed by atoms with Gasteiger partial charge in [0.25, 0.3) is 0 Å². The molecule has 0 aromatic heterocycles. The maximum Gasteiger partial charge on any atom is 0.0243 e. The Hall–Kier alpha value is -0.0800. The first-order valence-electron chi connectivity index (χ1n) is 8.82. The van der Waals surface area contributed by atoms with E-state index in [1.165, 1.54) is 51.7 Å². The number of hydrogen-bond acceptors (Lipinski definition) is 2. The second-order valence-electron chi connectivity index (χ2n) is 7.88. The highest BCUT2D eigenvalue weighted by Crippen LogP contribution is 2.38. The van der Waals surface area contributed by atoms with Gasteiger partial charge >= 0.3 is 0 Å². The van der Waals surface area contributed by atoms with E-state index in [0.717, 1.165) is 6.54 Å². The van der Waals surface area contributed by atoms with Crippen molar-refractivity contribution in [2.75, 3.05) is 26.2 Å². The standard InChI is InChI=1S/C18H38N2/c1-7-12-19-16(17(4,5)6)15-20-13-10-18(8-2,9-3)11-14-20/h16,19H,7-15H2,1-6H3. The number of likely N-dealkylation sites (tertiary alicyclic amines) is 1. The Morgan fingerprint density at radius 3 is 2.00 bits per heavy atom. The minimum atomic E-state index is 0.346. The fourth-order valence-corrected chi connectivity index (χ4v) is 3.39. The molecule has 0 aromatic carbocycles. The summed E-state index contributed by atoms with van der Waals surface area (Å²) in [7, 11) is 0. The van der Waals surface area contributed by atoms with E-state index in [-0.39, 0.29) is 0 Å². The molecule has 1 heterocycles. The topological polar surface area (TPSA) is 15.3 Å². The van der Waals surface area contributed by atoms with E-state index in [2.05, 4.69) is 51.8 Å². The Morgan fingerprint density at radius 2 is 1.60 bits per heavy atom. The van der Waals surface area contributed by atoms with E-state index < -0.39 is 0 Å². The van der Waals surface area contributed by atoms with Crippen LogP contribution in [-0.4, -0.2) is 37.1 Å². The second kappa shape index (κ2) is 7.79. The number of nitrogens with one attached hydrogen (secondary N) is 1. The maximum absolute atomic E-state index is 3.76. The molecule has 1 N–H and O–H groups in total. The molecular formula is C18H38N2. The SMILES string of the molecule is CCCNC(CN1CCC(CC)(CC)CC1)C(C)(C)C. The first kappa shape index (κ1) is 18.0. The molecule has 120 valence electrons. The van der Waals surface area contributed by atoms with Gasteiger partial charge in [0.2, 0.25) is 0 Å². The van der Waals surface area contributed by atoms with E-state index in [0.29, 0.717) is 16.9 Å². The van der Waals surface area contributed by atoms with Crippen molar-refractivity contribution in [3.8, 4) is 0 Å². The minimum Gasteiger partial charge on any atom is -0.312 e. The zero-order valence-electron chi connectivity index (χ0n) is 14.9. The largest absolute Gasteiger partial charge is 0.312 e. The Morgan fingerprint density at radius 1 is 1.05 bits per heavy atom. The van der Waals surface area contributed by atoms with Crippen molar-refractivity contribution in [3.63, 3.8) is 0 Å². The van der Waals surface area contributed by atoms with Gasteiger partial charge in [-0.1, -0.05) is 54.4 Å². The van der Waals surface area contributed by atoms with Crippen LogP contribution < -0.4 is 5.32 Å². The van der Waals surface area contributed by atoms with Crippen molar-refractivity contribution < 1.29 is 0 Å². The van der Waals surface area contributed by atoms with Gasteiger partial charge in [0.1, 0.15) is 0 Å². The van der Waals surface area contributed by atoms with Crippen LogP contribution in [-0.2, 0) is 0 Å². The first-order valence-corrected chi connectivity index (χ1v) is 8.82. The molecule has 2 nitrogen and oxygen atoms in total. The highest BCUT2D eigenvalue weighted by molar-refractivity contribution is 4.88. The quantitative estimate of drug-likeness (QED) is 0.749. The summed E-state index contributed by atoms with van der Waals surface area (Å²) < 4.78 is 0. The molecule has 0 radical (unpaired) electrons. The highest BCUT2D eigenvalue weighted by atomic mass is 15.2. The third-order valence-corrected chi connectivity index (χ3v) is 5.54. The van der Waals surface area contributed by atoms with Gasteiger partial charge in [0, 0.05) is 12.6 Å². The van der Waals surface area contributed by atoms with E-state index in [4.69, 9.17) is 0 Å². The predicted molar refractivity (Wildman–Crippen MR) is 90.2 cm³/mol. The number of piperidine rings is 1. The molecule has 1 aliphatic heterocycles. The van der Waals surface area contributed by atoms with Crippen LogP contribution in [0.3, 0.4) is 0 Å². The average Bonchev–Trinajstić information content (AvgIpc) is 2.43. The fraction of sp³-hybridized carbons (Fsp3) is 1.00. The third-order valence-electron chi connectivity index (χ3n) is 5.54. The highest BCUT2D eigenvalue weighted by Gasteiger charge is 2.33. The van der Waals surface area contributed by atoms with E-state index in [1.54, 1.807) is 0 Å². The van der Waals surface area contributed by atoms with Gasteiger partial charge in [-0.15, -0.1) is 0 Å².